The maximum atomic E-state index is 11.2. The maximum Gasteiger partial charge on any atom is 0.269 e. The van der Waals surface area contributed by atoms with Gasteiger partial charge in [-0.05, 0) is 32.4 Å². The topological polar surface area (TPSA) is 72.6 Å². The van der Waals surface area contributed by atoms with Gasteiger partial charge < -0.3 is 9.84 Å². The average Bonchev–Trinajstić information content (AvgIpc) is 2.53. The molecular weight excluding hydrogens is 294 g/mol. The summed E-state index contributed by atoms with van der Waals surface area (Å²) in [6.07, 6.45) is 12.3. The molecule has 23 heavy (non-hydrogen) atoms. The van der Waals surface area contributed by atoms with Crippen molar-refractivity contribution >= 4 is 0 Å². The minimum atomic E-state index is -1.31. The van der Waals surface area contributed by atoms with Crippen molar-refractivity contribution in [3.05, 3.63) is 34.4 Å². The van der Waals surface area contributed by atoms with Crippen LogP contribution in [0.2, 0.25) is 0 Å². The molecule has 0 amide bonds. The third kappa shape index (κ3) is 8.28. The third-order valence-corrected chi connectivity index (χ3v) is 3.98. The van der Waals surface area contributed by atoms with Gasteiger partial charge in [0.05, 0.1) is 0 Å². The molecule has 2 atom stereocenters. The zero-order valence-corrected chi connectivity index (χ0v) is 14.9. The largest absolute Gasteiger partial charge is 0.382 e. The molecule has 5 heteroatoms. The van der Waals surface area contributed by atoms with E-state index in [0.29, 0.717) is 6.42 Å². The Morgan fingerprint density at radius 1 is 1.09 bits per heavy atom. The van der Waals surface area contributed by atoms with E-state index in [0.717, 1.165) is 32.5 Å². The zero-order valence-electron chi connectivity index (χ0n) is 14.9. The van der Waals surface area contributed by atoms with E-state index >= 15 is 0 Å². The highest BCUT2D eigenvalue weighted by atomic mass is 16.6. The first-order valence-corrected chi connectivity index (χ1v) is 8.81. The minimum absolute atomic E-state index is 0.344. The van der Waals surface area contributed by atoms with Gasteiger partial charge in [0.2, 0.25) is 0 Å². The molecule has 134 valence electrons. The number of aliphatic hydroxyl groups excluding tert-OH is 1. The van der Waals surface area contributed by atoms with Crippen molar-refractivity contribution in [2.75, 3.05) is 13.2 Å². The van der Waals surface area contributed by atoms with E-state index in [9.17, 15) is 15.2 Å². The van der Waals surface area contributed by atoms with Crippen LogP contribution in [-0.2, 0) is 4.74 Å². The van der Waals surface area contributed by atoms with Crippen LogP contribution in [0.5, 0.6) is 0 Å². The normalized spacial score (nSPS) is 22.5. The predicted octanol–water partition coefficient (Wildman–Crippen LogP) is 4.28. The first kappa shape index (κ1) is 21.8. The first-order chi connectivity index (χ1) is 11.0. The maximum absolute atomic E-state index is 11.2. The van der Waals surface area contributed by atoms with Crippen molar-refractivity contribution in [1.29, 1.82) is 0 Å². The summed E-state index contributed by atoms with van der Waals surface area (Å²) >= 11 is 0. The molecule has 0 spiro atoms. The summed E-state index contributed by atoms with van der Waals surface area (Å²) < 4.78 is 4.83. The number of hydrogen-bond acceptors (Lipinski definition) is 4. The molecule has 0 fully saturated rings. The second-order valence-electron chi connectivity index (χ2n) is 5.74. The Morgan fingerprint density at radius 2 is 1.70 bits per heavy atom. The molecule has 0 bridgehead atoms. The smallest absolute Gasteiger partial charge is 0.269 e. The van der Waals surface area contributed by atoms with Crippen molar-refractivity contribution in [3.63, 3.8) is 0 Å². The molecule has 0 saturated carbocycles. The Hall–Kier alpha value is -1.20. The molecule has 0 aliphatic heterocycles. The lowest BCUT2D eigenvalue weighted by Gasteiger charge is -2.27. The van der Waals surface area contributed by atoms with E-state index in [4.69, 9.17) is 4.74 Å². The van der Waals surface area contributed by atoms with E-state index in [1.807, 2.05) is 13.8 Å². The fraction of sp³-hybridized carbons (Fsp3) is 0.778. The molecule has 0 radical (unpaired) electrons. The number of nitrogens with zero attached hydrogens (tertiary/aromatic N) is 1. The van der Waals surface area contributed by atoms with E-state index in [2.05, 4.69) is 6.92 Å². The Morgan fingerprint density at radius 3 is 2.17 bits per heavy atom. The Balaban J connectivity index is 0.000000841. The average molecular weight is 327 g/mol. The second kappa shape index (κ2) is 13.3. The van der Waals surface area contributed by atoms with Crippen LogP contribution in [0.15, 0.2) is 24.3 Å². The van der Waals surface area contributed by atoms with Crippen LogP contribution in [-0.4, -0.2) is 34.9 Å². The van der Waals surface area contributed by atoms with Crippen LogP contribution in [0, 0.1) is 10.1 Å². The monoisotopic (exact) mass is 327 g/mol. The number of rotatable bonds is 10. The summed E-state index contributed by atoms with van der Waals surface area (Å²) in [6.45, 7) is 7.83. The quantitative estimate of drug-likeness (QED) is 0.369. The standard InChI is InChI=1S/C14H23NO3.C4H10O/c1-2-3-4-5-6-8-11-14(15(17)18)12-9-7-10-13(14)16;1-3-5-4-2/h7,9-10,12-13,16H,2-6,8,11H2,1H3;3-4H2,1-2H3. The molecule has 1 aliphatic rings. The highest BCUT2D eigenvalue weighted by Gasteiger charge is 2.46. The second-order valence-corrected chi connectivity index (χ2v) is 5.74. The van der Waals surface area contributed by atoms with Crippen LogP contribution in [0.4, 0.5) is 0 Å². The summed E-state index contributed by atoms with van der Waals surface area (Å²) in [5, 5.41) is 21.1. The number of unbranched alkanes of at least 4 members (excludes halogenated alkanes) is 5. The van der Waals surface area contributed by atoms with Gasteiger partial charge in [0.25, 0.3) is 5.54 Å². The molecule has 0 heterocycles. The highest BCUT2D eigenvalue weighted by Crippen LogP contribution is 2.28. The fourth-order valence-electron chi connectivity index (χ4n) is 2.54. The lowest BCUT2D eigenvalue weighted by molar-refractivity contribution is -0.566. The number of ether oxygens (including phenoxy) is 1. The third-order valence-electron chi connectivity index (χ3n) is 3.98. The molecule has 1 aliphatic carbocycles. The van der Waals surface area contributed by atoms with Gasteiger partial charge in [-0.15, -0.1) is 0 Å². The van der Waals surface area contributed by atoms with Gasteiger partial charge in [0.15, 0.2) is 0 Å². The summed E-state index contributed by atoms with van der Waals surface area (Å²) in [7, 11) is 0. The molecule has 0 aromatic rings. The summed E-state index contributed by atoms with van der Waals surface area (Å²) in [5.41, 5.74) is -1.31. The van der Waals surface area contributed by atoms with Crippen molar-refractivity contribution in [2.45, 2.75) is 77.4 Å². The van der Waals surface area contributed by atoms with E-state index in [1.165, 1.54) is 31.4 Å². The fourth-order valence-corrected chi connectivity index (χ4v) is 2.54. The van der Waals surface area contributed by atoms with Crippen LogP contribution in [0.25, 0.3) is 0 Å². The van der Waals surface area contributed by atoms with Gasteiger partial charge in [-0.25, -0.2) is 0 Å². The number of hydrogen-bond donors (Lipinski definition) is 1. The number of nitro groups is 1. The van der Waals surface area contributed by atoms with Crippen LogP contribution in [0.3, 0.4) is 0 Å². The van der Waals surface area contributed by atoms with Crippen LogP contribution in [0.1, 0.15) is 65.7 Å². The lowest BCUT2D eigenvalue weighted by Crippen LogP contribution is -2.47. The highest BCUT2D eigenvalue weighted by molar-refractivity contribution is 5.22. The van der Waals surface area contributed by atoms with Crippen LogP contribution < -0.4 is 0 Å². The predicted molar refractivity (Wildman–Crippen MR) is 94.2 cm³/mol. The van der Waals surface area contributed by atoms with Crippen molar-refractivity contribution in [2.24, 2.45) is 0 Å². The van der Waals surface area contributed by atoms with Gasteiger partial charge in [0, 0.05) is 24.6 Å². The SMILES string of the molecule is CCCCCCCCC1([N+](=O)[O-])C=CC=CC1O.CCOCC. The van der Waals surface area contributed by atoms with Gasteiger partial charge in [0.1, 0.15) is 6.10 Å². The van der Waals surface area contributed by atoms with E-state index < -0.39 is 11.6 Å². The number of allylic oxidation sites excluding steroid dienone is 2. The van der Waals surface area contributed by atoms with Gasteiger partial charge in [-0.3, -0.25) is 10.1 Å². The molecule has 2 unspecified atom stereocenters. The lowest BCUT2D eigenvalue weighted by atomic mass is 9.84. The number of aliphatic hydroxyl groups is 1. The van der Waals surface area contributed by atoms with Crippen molar-refractivity contribution < 1.29 is 14.8 Å². The molecule has 0 aromatic carbocycles. The molecule has 5 nitrogen and oxygen atoms in total. The summed E-state index contributed by atoms with van der Waals surface area (Å²) in [4.78, 5) is 10.9. The zero-order chi connectivity index (χ0) is 17.6. The molecule has 1 N–H and O–H groups in total. The summed E-state index contributed by atoms with van der Waals surface area (Å²) in [5.74, 6) is 0. The minimum Gasteiger partial charge on any atom is -0.382 e. The van der Waals surface area contributed by atoms with E-state index in [-0.39, 0.29) is 4.92 Å². The molecule has 1 rings (SSSR count). The van der Waals surface area contributed by atoms with Gasteiger partial charge in [-0.2, -0.15) is 0 Å². The Kier molecular flexibility index (Phi) is 12.6. The van der Waals surface area contributed by atoms with E-state index in [1.54, 1.807) is 12.2 Å². The first-order valence-electron chi connectivity index (χ1n) is 8.81. The van der Waals surface area contributed by atoms with Crippen molar-refractivity contribution in [1.82, 2.24) is 0 Å². The van der Waals surface area contributed by atoms with Crippen LogP contribution >= 0.6 is 0 Å². The summed E-state index contributed by atoms with van der Waals surface area (Å²) in [6, 6.07) is 0. The van der Waals surface area contributed by atoms with Crippen molar-refractivity contribution in [3.8, 4) is 0 Å². The Bertz CT molecular complexity index is 366. The van der Waals surface area contributed by atoms with Gasteiger partial charge >= 0.3 is 0 Å². The molecular formula is C18H33NO4. The van der Waals surface area contributed by atoms with Gasteiger partial charge in [-0.1, -0.05) is 51.2 Å². The molecule has 0 aromatic heterocycles. The Labute approximate surface area is 140 Å². The molecule has 0 saturated heterocycles.